The smallest absolute Gasteiger partial charge is 0.250 e. The van der Waals surface area contributed by atoms with Gasteiger partial charge >= 0.3 is 0 Å². The average Bonchev–Trinajstić information content (AvgIpc) is 2.55. The summed E-state index contributed by atoms with van der Waals surface area (Å²) in [5.41, 5.74) is 7.88. The van der Waals surface area contributed by atoms with Crippen molar-refractivity contribution in [1.29, 1.82) is 0 Å². The quantitative estimate of drug-likeness (QED) is 0.804. The van der Waals surface area contributed by atoms with Gasteiger partial charge < -0.3 is 20.5 Å². The Kier molecular flexibility index (Phi) is 5.38. The van der Waals surface area contributed by atoms with Gasteiger partial charge in [0, 0.05) is 6.07 Å². The number of nitrogens with one attached hydrogen (secondary N) is 1. The molecule has 22 heavy (non-hydrogen) atoms. The molecule has 0 spiro atoms. The van der Waals surface area contributed by atoms with E-state index in [1.54, 1.807) is 25.3 Å². The summed E-state index contributed by atoms with van der Waals surface area (Å²) in [5, 5.41) is 2.72. The Labute approximate surface area is 130 Å². The molecule has 1 atom stereocenters. The van der Waals surface area contributed by atoms with Crippen molar-refractivity contribution >= 4 is 17.3 Å². The predicted octanol–water partition coefficient (Wildman–Crippen LogP) is 2.99. The van der Waals surface area contributed by atoms with Crippen LogP contribution in [-0.4, -0.2) is 19.6 Å². The van der Waals surface area contributed by atoms with Gasteiger partial charge in [0.25, 0.3) is 0 Å². The molecule has 116 valence electrons. The van der Waals surface area contributed by atoms with Gasteiger partial charge in [0.05, 0.1) is 24.6 Å². The number of ether oxygens (including phenoxy) is 2. The summed E-state index contributed by atoms with van der Waals surface area (Å²) in [6, 6.07) is 14.8. The lowest BCUT2D eigenvalue weighted by Gasteiger charge is -2.14. The van der Waals surface area contributed by atoms with Crippen LogP contribution < -0.4 is 15.8 Å². The number of carbonyl (C=O) groups excluding carboxylic acids is 1. The molecule has 1 amide bonds. The molecule has 3 N–H and O–H groups in total. The Morgan fingerprint density at radius 2 is 1.95 bits per heavy atom. The highest BCUT2D eigenvalue weighted by atomic mass is 16.5. The van der Waals surface area contributed by atoms with Gasteiger partial charge in [-0.3, -0.25) is 4.79 Å². The zero-order valence-electron chi connectivity index (χ0n) is 12.7. The van der Waals surface area contributed by atoms with Crippen molar-refractivity contribution in [2.24, 2.45) is 0 Å². The molecule has 0 radical (unpaired) electrons. The van der Waals surface area contributed by atoms with Gasteiger partial charge in [0.15, 0.2) is 0 Å². The van der Waals surface area contributed by atoms with Crippen LogP contribution in [0.2, 0.25) is 0 Å². The monoisotopic (exact) mass is 300 g/mol. The van der Waals surface area contributed by atoms with Gasteiger partial charge in [-0.25, -0.2) is 0 Å². The zero-order valence-corrected chi connectivity index (χ0v) is 12.7. The first-order chi connectivity index (χ1) is 10.6. The van der Waals surface area contributed by atoms with Crippen LogP contribution in [0.4, 0.5) is 11.4 Å². The predicted molar refractivity (Wildman–Crippen MR) is 86.8 cm³/mol. The summed E-state index contributed by atoms with van der Waals surface area (Å²) >= 11 is 0. The van der Waals surface area contributed by atoms with Gasteiger partial charge in [0.1, 0.15) is 12.4 Å². The number of benzene rings is 2. The van der Waals surface area contributed by atoms with Crippen molar-refractivity contribution in [3.63, 3.8) is 0 Å². The van der Waals surface area contributed by atoms with Crippen LogP contribution in [-0.2, 0) is 9.53 Å². The standard InChI is InChI=1S/C17H20N2O3/c1-12(13-6-4-3-5-7-13)22-11-17(20)19-16-9-8-14(21-2)10-15(16)18/h3-10,12H,11,18H2,1-2H3,(H,19,20). The van der Waals surface area contributed by atoms with Crippen molar-refractivity contribution in [1.82, 2.24) is 0 Å². The molecule has 0 heterocycles. The molecule has 0 aliphatic carbocycles. The second kappa shape index (κ2) is 7.47. The minimum absolute atomic E-state index is 0.0401. The highest BCUT2D eigenvalue weighted by molar-refractivity contribution is 5.94. The number of anilines is 2. The van der Waals surface area contributed by atoms with E-state index in [0.29, 0.717) is 17.1 Å². The lowest BCUT2D eigenvalue weighted by molar-refractivity contribution is -0.122. The second-order valence-corrected chi connectivity index (χ2v) is 4.87. The Balaban J connectivity index is 1.88. The highest BCUT2D eigenvalue weighted by Gasteiger charge is 2.10. The fourth-order valence-electron chi connectivity index (χ4n) is 1.99. The van der Waals surface area contributed by atoms with E-state index in [2.05, 4.69) is 5.32 Å². The van der Waals surface area contributed by atoms with Gasteiger partial charge in [-0.15, -0.1) is 0 Å². The van der Waals surface area contributed by atoms with Crippen molar-refractivity contribution in [2.45, 2.75) is 13.0 Å². The van der Waals surface area contributed by atoms with Crippen LogP contribution in [0.3, 0.4) is 0 Å². The van der Waals surface area contributed by atoms with Crippen LogP contribution in [0.5, 0.6) is 5.75 Å². The Morgan fingerprint density at radius 3 is 2.59 bits per heavy atom. The molecule has 1 unspecified atom stereocenters. The van der Waals surface area contributed by atoms with Gasteiger partial charge in [-0.05, 0) is 24.6 Å². The summed E-state index contributed by atoms with van der Waals surface area (Å²) in [5.74, 6) is 0.393. The molecule has 0 aliphatic rings. The van der Waals surface area contributed by atoms with Crippen molar-refractivity contribution in [3.8, 4) is 5.75 Å². The van der Waals surface area contributed by atoms with Crippen molar-refractivity contribution < 1.29 is 14.3 Å². The molecule has 0 bridgehead atoms. The molecule has 2 rings (SSSR count). The van der Waals surface area contributed by atoms with Gasteiger partial charge in [-0.1, -0.05) is 30.3 Å². The third-order valence-corrected chi connectivity index (χ3v) is 3.27. The molecule has 5 nitrogen and oxygen atoms in total. The molecule has 0 fully saturated rings. The summed E-state index contributed by atoms with van der Waals surface area (Å²) in [7, 11) is 1.56. The first-order valence-electron chi connectivity index (χ1n) is 7.00. The molecule has 0 aliphatic heterocycles. The Bertz CT molecular complexity index is 629. The van der Waals surface area contributed by atoms with E-state index in [1.165, 1.54) is 0 Å². The van der Waals surface area contributed by atoms with Crippen LogP contribution >= 0.6 is 0 Å². The van der Waals surface area contributed by atoms with E-state index in [-0.39, 0.29) is 18.6 Å². The van der Waals surface area contributed by atoms with E-state index in [4.69, 9.17) is 15.2 Å². The van der Waals surface area contributed by atoms with Gasteiger partial charge in [-0.2, -0.15) is 0 Å². The molecule has 0 aromatic heterocycles. The van der Waals surface area contributed by atoms with E-state index >= 15 is 0 Å². The maximum absolute atomic E-state index is 11.9. The van der Waals surface area contributed by atoms with Gasteiger partial charge in [0.2, 0.25) is 5.91 Å². The maximum Gasteiger partial charge on any atom is 0.250 e. The van der Waals surface area contributed by atoms with Crippen LogP contribution in [0.1, 0.15) is 18.6 Å². The van der Waals surface area contributed by atoms with Crippen LogP contribution in [0, 0.1) is 0 Å². The lowest BCUT2D eigenvalue weighted by Crippen LogP contribution is -2.20. The van der Waals surface area contributed by atoms with Crippen LogP contribution in [0.25, 0.3) is 0 Å². The number of nitrogens with two attached hydrogens (primary N) is 1. The van der Waals surface area contributed by atoms with E-state index in [9.17, 15) is 4.79 Å². The Hall–Kier alpha value is -2.53. The van der Waals surface area contributed by atoms with E-state index in [1.807, 2.05) is 37.3 Å². The first-order valence-corrected chi connectivity index (χ1v) is 7.00. The fourth-order valence-corrected chi connectivity index (χ4v) is 1.99. The lowest BCUT2D eigenvalue weighted by atomic mass is 10.1. The fraction of sp³-hybridized carbons (Fsp3) is 0.235. The first kappa shape index (κ1) is 15.9. The minimum Gasteiger partial charge on any atom is -0.497 e. The molecule has 0 saturated carbocycles. The molecule has 2 aromatic carbocycles. The number of methoxy groups -OCH3 is 1. The summed E-state index contributed by atoms with van der Waals surface area (Å²) in [6.07, 6.45) is -0.153. The highest BCUT2D eigenvalue weighted by Crippen LogP contribution is 2.24. The number of carbonyl (C=O) groups is 1. The van der Waals surface area contributed by atoms with E-state index in [0.717, 1.165) is 5.56 Å². The molecule has 2 aromatic rings. The number of amides is 1. The minimum atomic E-state index is -0.250. The topological polar surface area (TPSA) is 73.6 Å². The second-order valence-electron chi connectivity index (χ2n) is 4.87. The molecule has 5 heteroatoms. The molecule has 0 saturated heterocycles. The number of rotatable bonds is 6. The normalized spacial score (nSPS) is 11.7. The molecular weight excluding hydrogens is 280 g/mol. The Morgan fingerprint density at radius 1 is 1.23 bits per heavy atom. The summed E-state index contributed by atoms with van der Waals surface area (Å²) in [6.45, 7) is 1.87. The van der Waals surface area contributed by atoms with E-state index < -0.39 is 0 Å². The maximum atomic E-state index is 11.9. The number of nitrogen functional groups attached to an aromatic ring is 1. The summed E-state index contributed by atoms with van der Waals surface area (Å²) < 4.78 is 10.6. The van der Waals surface area contributed by atoms with Crippen molar-refractivity contribution in [3.05, 3.63) is 54.1 Å². The van der Waals surface area contributed by atoms with Crippen molar-refractivity contribution in [2.75, 3.05) is 24.8 Å². The number of hydrogen-bond donors (Lipinski definition) is 2. The zero-order chi connectivity index (χ0) is 15.9. The average molecular weight is 300 g/mol. The number of hydrogen-bond acceptors (Lipinski definition) is 4. The summed E-state index contributed by atoms with van der Waals surface area (Å²) in [4.78, 5) is 11.9. The third-order valence-electron chi connectivity index (χ3n) is 3.27. The largest absolute Gasteiger partial charge is 0.497 e. The third kappa shape index (κ3) is 4.23. The van der Waals surface area contributed by atoms with Crippen LogP contribution in [0.15, 0.2) is 48.5 Å². The SMILES string of the molecule is COc1ccc(NC(=O)COC(C)c2ccccc2)c(N)c1. The molecular formula is C17H20N2O3.